The highest BCUT2D eigenvalue weighted by molar-refractivity contribution is 5.76. The van der Waals surface area contributed by atoms with E-state index in [1.165, 1.54) is 302 Å². The molecule has 1 fully saturated rings. The number of aliphatic hydroxyl groups excluding tert-OH is 5. The summed E-state index contributed by atoms with van der Waals surface area (Å²) in [5, 5.41) is 54.8. The van der Waals surface area contributed by atoms with Crippen molar-refractivity contribution in [2.75, 3.05) is 13.2 Å². The Morgan fingerprint density at radius 1 is 0.391 bits per heavy atom. The topological polar surface area (TPSA) is 149 Å². The maximum atomic E-state index is 13.2. The average Bonchev–Trinajstić information content (AvgIpc) is 3.38. The van der Waals surface area contributed by atoms with Gasteiger partial charge in [-0.05, 0) is 70.6 Å². The van der Waals surface area contributed by atoms with Gasteiger partial charge in [0.15, 0.2) is 6.29 Å². The number of hydrogen-bond donors (Lipinski definition) is 6. The fraction of sp³-hybridized carbons (Fsp3) is 0.859. The van der Waals surface area contributed by atoms with E-state index >= 15 is 0 Å². The molecule has 7 unspecified atom stereocenters. The van der Waals surface area contributed by atoms with E-state index in [2.05, 4.69) is 67.8 Å². The highest BCUT2D eigenvalue weighted by Gasteiger charge is 2.44. The Bertz CT molecular complexity index is 1560. The van der Waals surface area contributed by atoms with Crippen LogP contribution in [-0.2, 0) is 14.3 Å². The summed E-state index contributed by atoms with van der Waals surface area (Å²) < 4.78 is 11.3. The molecule has 9 heteroatoms. The number of allylic oxidation sites excluding steroid dienone is 9. The van der Waals surface area contributed by atoms with Gasteiger partial charge in [-0.3, -0.25) is 4.79 Å². The second-order valence-corrected chi connectivity index (χ2v) is 26.4. The van der Waals surface area contributed by atoms with Crippen LogP contribution in [0.4, 0.5) is 0 Å². The highest BCUT2D eigenvalue weighted by Crippen LogP contribution is 2.24. The van der Waals surface area contributed by atoms with Gasteiger partial charge in [0.05, 0.1) is 25.4 Å². The summed E-state index contributed by atoms with van der Waals surface area (Å²) in [5.41, 5.74) is 0. The van der Waals surface area contributed by atoms with E-state index in [9.17, 15) is 30.3 Å². The number of hydrogen-bond acceptors (Lipinski definition) is 8. The van der Waals surface area contributed by atoms with Gasteiger partial charge in [0.25, 0.3) is 0 Å². The molecule has 1 saturated heterocycles. The van der Waals surface area contributed by atoms with Crippen molar-refractivity contribution in [3.8, 4) is 0 Å². The third kappa shape index (κ3) is 55.3. The van der Waals surface area contributed by atoms with E-state index in [-0.39, 0.29) is 12.5 Å². The van der Waals surface area contributed by atoms with E-state index in [4.69, 9.17) is 9.47 Å². The molecule has 1 amide bonds. The Morgan fingerprint density at radius 2 is 0.690 bits per heavy atom. The van der Waals surface area contributed by atoms with Crippen LogP contribution in [0.2, 0.25) is 0 Å². The van der Waals surface area contributed by atoms with Gasteiger partial charge in [0, 0.05) is 6.42 Å². The molecule has 1 aliphatic rings. The van der Waals surface area contributed by atoms with Crippen LogP contribution in [-0.4, -0.2) is 87.5 Å². The first kappa shape index (κ1) is 82.9. The molecular weight excluding hydrogens is 1080 g/mol. The number of aliphatic hydroxyl groups is 5. The van der Waals surface area contributed by atoms with Crippen molar-refractivity contribution in [3.05, 3.63) is 60.8 Å². The molecule has 1 heterocycles. The number of rotatable bonds is 67. The van der Waals surface area contributed by atoms with E-state index in [1.807, 2.05) is 6.08 Å². The minimum absolute atomic E-state index is 0.181. The third-order valence-corrected chi connectivity index (χ3v) is 18.1. The minimum Gasteiger partial charge on any atom is -0.394 e. The molecule has 9 nitrogen and oxygen atoms in total. The monoisotopic (exact) mass is 1220 g/mol. The van der Waals surface area contributed by atoms with E-state index in [1.54, 1.807) is 6.08 Å². The van der Waals surface area contributed by atoms with Crippen LogP contribution in [0.25, 0.3) is 0 Å². The molecule has 0 aromatic heterocycles. The summed E-state index contributed by atoms with van der Waals surface area (Å²) in [4.78, 5) is 13.2. The van der Waals surface area contributed by atoms with Gasteiger partial charge < -0.3 is 40.3 Å². The molecule has 0 bridgehead atoms. The molecule has 0 aliphatic carbocycles. The number of ether oxygens (including phenoxy) is 2. The predicted molar refractivity (Wildman–Crippen MR) is 373 cm³/mol. The third-order valence-electron chi connectivity index (χ3n) is 18.1. The van der Waals surface area contributed by atoms with Crippen LogP contribution >= 0.6 is 0 Å². The lowest BCUT2D eigenvalue weighted by molar-refractivity contribution is -0.302. The van der Waals surface area contributed by atoms with Crippen molar-refractivity contribution in [1.82, 2.24) is 5.32 Å². The quantitative estimate of drug-likeness (QED) is 0.0261. The molecule has 87 heavy (non-hydrogen) atoms. The van der Waals surface area contributed by atoms with Gasteiger partial charge in [-0.25, -0.2) is 0 Å². The molecule has 7 atom stereocenters. The summed E-state index contributed by atoms with van der Waals surface area (Å²) in [6.45, 7) is 3.80. The van der Waals surface area contributed by atoms with Crippen LogP contribution in [0.5, 0.6) is 0 Å². The molecule has 0 spiro atoms. The number of amides is 1. The van der Waals surface area contributed by atoms with Crippen LogP contribution in [0.3, 0.4) is 0 Å². The van der Waals surface area contributed by atoms with E-state index in [0.29, 0.717) is 6.42 Å². The maximum Gasteiger partial charge on any atom is 0.220 e. The van der Waals surface area contributed by atoms with Crippen molar-refractivity contribution >= 4 is 5.91 Å². The molecule has 0 aromatic rings. The zero-order valence-electron chi connectivity index (χ0n) is 57.3. The summed E-state index contributed by atoms with van der Waals surface area (Å²) in [6, 6.07) is -0.825. The van der Waals surface area contributed by atoms with Gasteiger partial charge >= 0.3 is 0 Å². The molecule has 1 rings (SSSR count). The average molecular weight is 1230 g/mol. The number of unbranched alkanes of at least 4 members (excludes halogenated alkanes) is 49. The Balaban J connectivity index is 2.11. The lowest BCUT2D eigenvalue weighted by Gasteiger charge is -2.40. The smallest absolute Gasteiger partial charge is 0.220 e. The van der Waals surface area contributed by atoms with Crippen molar-refractivity contribution in [2.24, 2.45) is 0 Å². The Kier molecular flexibility index (Phi) is 63.7. The Labute approximate surface area is 538 Å². The first-order valence-electron chi connectivity index (χ1n) is 38.0. The van der Waals surface area contributed by atoms with Crippen LogP contribution < -0.4 is 5.32 Å². The first-order valence-corrected chi connectivity index (χ1v) is 38.0. The van der Waals surface area contributed by atoms with Gasteiger partial charge in [0.2, 0.25) is 5.91 Å². The minimum atomic E-state index is -1.57. The van der Waals surface area contributed by atoms with E-state index < -0.39 is 49.5 Å². The fourth-order valence-electron chi connectivity index (χ4n) is 12.1. The maximum absolute atomic E-state index is 13.2. The molecule has 0 saturated carbocycles. The van der Waals surface area contributed by atoms with Gasteiger partial charge in [-0.2, -0.15) is 0 Å². The van der Waals surface area contributed by atoms with Crippen molar-refractivity contribution in [2.45, 2.75) is 416 Å². The predicted octanol–water partition coefficient (Wildman–Crippen LogP) is 21.3. The normalized spacial score (nSPS) is 18.3. The van der Waals surface area contributed by atoms with Gasteiger partial charge in [-0.15, -0.1) is 0 Å². The number of carbonyl (C=O) groups is 1. The zero-order valence-corrected chi connectivity index (χ0v) is 57.3. The molecule has 6 N–H and O–H groups in total. The molecule has 0 radical (unpaired) electrons. The van der Waals surface area contributed by atoms with Gasteiger partial charge in [-0.1, -0.05) is 357 Å². The molecule has 510 valence electrons. The van der Waals surface area contributed by atoms with Crippen molar-refractivity contribution in [1.29, 1.82) is 0 Å². The summed E-state index contributed by atoms with van der Waals surface area (Å²) in [6.07, 6.45) is 86.4. The summed E-state index contributed by atoms with van der Waals surface area (Å²) in [7, 11) is 0. The first-order chi connectivity index (χ1) is 42.8. The molecule has 0 aromatic carbocycles. The lowest BCUT2D eigenvalue weighted by atomic mass is 9.99. The Hall–Kier alpha value is -2.11. The summed E-state index contributed by atoms with van der Waals surface area (Å²) in [5.74, 6) is -0.181. The Morgan fingerprint density at radius 3 is 1.05 bits per heavy atom. The number of carbonyl (C=O) groups excluding carboxylic acids is 1. The largest absolute Gasteiger partial charge is 0.394 e. The highest BCUT2D eigenvalue weighted by atomic mass is 16.7. The van der Waals surface area contributed by atoms with Crippen LogP contribution in [0.1, 0.15) is 373 Å². The molecular formula is C78H145NO8. The number of nitrogens with one attached hydrogen (secondary N) is 1. The zero-order chi connectivity index (χ0) is 62.8. The van der Waals surface area contributed by atoms with Crippen LogP contribution in [0, 0.1) is 0 Å². The van der Waals surface area contributed by atoms with Crippen molar-refractivity contribution in [3.63, 3.8) is 0 Å². The fourth-order valence-corrected chi connectivity index (χ4v) is 12.1. The van der Waals surface area contributed by atoms with Crippen molar-refractivity contribution < 1.29 is 39.8 Å². The second kappa shape index (κ2) is 66.8. The van der Waals surface area contributed by atoms with Crippen LogP contribution in [0.15, 0.2) is 60.8 Å². The second-order valence-electron chi connectivity index (χ2n) is 26.4. The van der Waals surface area contributed by atoms with E-state index in [0.717, 1.165) is 51.4 Å². The van der Waals surface area contributed by atoms with Gasteiger partial charge in [0.1, 0.15) is 24.4 Å². The summed E-state index contributed by atoms with van der Waals surface area (Å²) >= 11 is 0. The standard InChI is InChI=1S/C78H145NO8/c1-3-5-7-9-11-13-15-17-19-21-23-25-27-29-31-33-35-36-38-40-42-44-46-48-50-52-54-56-58-60-62-64-66-68-74(82)79-71(70-86-78-77(85)76(84)75(83)73(69-80)87-78)72(81)67-65-63-61-59-57-55-53-51-49-47-45-43-41-39-37-34-32-30-28-26-24-22-20-18-16-14-12-10-8-6-4-2/h15,17,21,23,27,29,57,59,65,67,71-73,75-78,80-81,83-85H,3-14,16,18-20,22,24-26,28,30-56,58,60-64,66,68-70H2,1-2H3,(H,79,82)/b17-15-,23-21-,29-27-,59-57+,67-65+. The lowest BCUT2D eigenvalue weighted by Crippen LogP contribution is -2.60. The SMILES string of the molecule is CCCCCCC/C=C\C/C=C\C/C=C\CCCCCCCCCCCCCCCCCCCCC(=O)NC(COC1OC(CO)C(O)C(O)C1O)C(O)/C=C/CC/C=C/CCCCCCCCCCCCCCCCCCCCCCCCCCC. The molecule has 1 aliphatic heterocycles.